The third-order valence-corrected chi connectivity index (χ3v) is 3.80. The zero-order valence-electron chi connectivity index (χ0n) is 10.7. The van der Waals surface area contributed by atoms with Crippen LogP contribution in [0.3, 0.4) is 0 Å². The van der Waals surface area contributed by atoms with Gasteiger partial charge in [0, 0.05) is 26.0 Å². The Morgan fingerprint density at radius 3 is 2.89 bits per heavy atom. The van der Waals surface area contributed by atoms with Gasteiger partial charge in [0.15, 0.2) is 0 Å². The molecule has 18 heavy (non-hydrogen) atoms. The molecule has 0 saturated heterocycles. The van der Waals surface area contributed by atoms with Crippen molar-refractivity contribution in [3.05, 3.63) is 16.4 Å². The van der Waals surface area contributed by atoms with E-state index in [2.05, 4.69) is 15.5 Å². The van der Waals surface area contributed by atoms with Gasteiger partial charge in [0.2, 0.25) is 4.96 Å². The highest BCUT2D eigenvalue weighted by molar-refractivity contribution is 7.19. The number of aryl methyl sites for hydroxylation is 2. The molecule has 0 aliphatic carbocycles. The van der Waals surface area contributed by atoms with E-state index in [9.17, 15) is 4.79 Å². The normalized spacial score (nSPS) is 11.1. The minimum absolute atomic E-state index is 0.0569. The van der Waals surface area contributed by atoms with E-state index < -0.39 is 0 Å². The summed E-state index contributed by atoms with van der Waals surface area (Å²) < 4.78 is 6.83. The summed E-state index contributed by atoms with van der Waals surface area (Å²) >= 11 is 1.36. The molecule has 0 aliphatic heterocycles. The number of methoxy groups -OCH3 is 1. The Morgan fingerprint density at radius 1 is 1.44 bits per heavy atom. The average molecular weight is 268 g/mol. The molecule has 0 aromatic carbocycles. The molecule has 2 aromatic heterocycles. The van der Waals surface area contributed by atoms with Crippen LogP contribution in [0.25, 0.3) is 4.96 Å². The van der Waals surface area contributed by atoms with Crippen molar-refractivity contribution in [3.63, 3.8) is 0 Å². The Labute approximate surface area is 109 Å². The third kappa shape index (κ3) is 2.37. The van der Waals surface area contributed by atoms with Crippen LogP contribution in [0.4, 0.5) is 0 Å². The van der Waals surface area contributed by atoms with E-state index in [1.807, 2.05) is 18.2 Å². The van der Waals surface area contributed by atoms with Crippen molar-refractivity contribution in [2.45, 2.75) is 20.3 Å². The first-order chi connectivity index (χ1) is 8.65. The number of nitrogens with zero attached hydrogens (tertiary/aromatic N) is 3. The molecular weight excluding hydrogens is 252 g/mol. The molecule has 0 atom stereocenters. The number of ether oxygens (including phenoxy) is 1. The summed E-state index contributed by atoms with van der Waals surface area (Å²) in [7, 11) is 1.65. The van der Waals surface area contributed by atoms with Gasteiger partial charge >= 0.3 is 0 Å². The molecule has 0 spiro atoms. The molecule has 0 saturated carbocycles. The van der Waals surface area contributed by atoms with Crippen LogP contribution in [0.2, 0.25) is 0 Å². The minimum Gasteiger partial charge on any atom is -0.385 e. The van der Waals surface area contributed by atoms with Crippen LogP contribution >= 0.6 is 11.3 Å². The van der Waals surface area contributed by atoms with Gasteiger partial charge in [-0.1, -0.05) is 11.3 Å². The molecule has 7 heteroatoms. The lowest BCUT2D eigenvalue weighted by molar-refractivity contribution is 0.0951. The first-order valence-electron chi connectivity index (χ1n) is 5.73. The van der Waals surface area contributed by atoms with Gasteiger partial charge in [-0.2, -0.15) is 0 Å². The molecule has 0 fully saturated rings. The third-order valence-electron chi connectivity index (χ3n) is 2.67. The number of fused-ring (bicyclic) bond motifs is 1. The number of aromatic nitrogens is 3. The van der Waals surface area contributed by atoms with Crippen LogP contribution < -0.4 is 5.32 Å². The van der Waals surface area contributed by atoms with Gasteiger partial charge in [0.1, 0.15) is 10.7 Å². The van der Waals surface area contributed by atoms with Crippen LogP contribution in [-0.4, -0.2) is 40.8 Å². The van der Waals surface area contributed by atoms with Crippen LogP contribution in [0.5, 0.6) is 0 Å². The summed E-state index contributed by atoms with van der Waals surface area (Å²) in [6.07, 6.45) is 0.810. The van der Waals surface area contributed by atoms with E-state index in [-0.39, 0.29) is 5.91 Å². The smallest absolute Gasteiger partial charge is 0.263 e. The minimum atomic E-state index is -0.0569. The molecule has 2 rings (SSSR count). The highest BCUT2D eigenvalue weighted by Crippen LogP contribution is 2.22. The highest BCUT2D eigenvalue weighted by atomic mass is 32.1. The maximum absolute atomic E-state index is 12.0. The molecule has 0 bridgehead atoms. The Morgan fingerprint density at radius 2 is 2.22 bits per heavy atom. The number of carbonyl (C=O) groups is 1. The van der Waals surface area contributed by atoms with E-state index in [4.69, 9.17) is 4.74 Å². The molecule has 0 aliphatic rings. The SMILES string of the molecule is COCCCNC(=O)c1sc2nnc(C)n2c1C. The maximum Gasteiger partial charge on any atom is 0.263 e. The van der Waals surface area contributed by atoms with Gasteiger partial charge in [0.05, 0.1) is 0 Å². The Hall–Kier alpha value is -1.47. The zero-order chi connectivity index (χ0) is 13.1. The van der Waals surface area contributed by atoms with Crippen molar-refractivity contribution in [1.82, 2.24) is 19.9 Å². The first-order valence-corrected chi connectivity index (χ1v) is 6.55. The Balaban J connectivity index is 2.10. The van der Waals surface area contributed by atoms with Crippen LogP contribution in [0, 0.1) is 13.8 Å². The number of amides is 1. The summed E-state index contributed by atoms with van der Waals surface area (Å²) in [5, 5.41) is 10.9. The van der Waals surface area contributed by atoms with Gasteiger partial charge in [-0.15, -0.1) is 10.2 Å². The van der Waals surface area contributed by atoms with E-state index >= 15 is 0 Å². The number of carbonyl (C=O) groups excluding carboxylic acids is 1. The Kier molecular flexibility index (Phi) is 3.93. The van der Waals surface area contributed by atoms with Crippen LogP contribution in [0.1, 0.15) is 27.6 Å². The molecule has 6 nitrogen and oxygen atoms in total. The summed E-state index contributed by atoms with van der Waals surface area (Å²) in [6, 6.07) is 0. The fourth-order valence-electron chi connectivity index (χ4n) is 1.77. The number of hydrogen-bond acceptors (Lipinski definition) is 5. The highest BCUT2D eigenvalue weighted by Gasteiger charge is 2.17. The second-order valence-corrected chi connectivity index (χ2v) is 4.96. The van der Waals surface area contributed by atoms with Gasteiger partial charge in [-0.3, -0.25) is 9.20 Å². The summed E-state index contributed by atoms with van der Waals surface area (Å²) in [5.74, 6) is 0.746. The topological polar surface area (TPSA) is 68.5 Å². The molecule has 0 radical (unpaired) electrons. The Bertz CT molecular complexity index is 561. The predicted molar refractivity (Wildman–Crippen MR) is 69.2 cm³/mol. The monoisotopic (exact) mass is 268 g/mol. The standard InChI is InChI=1S/C11H16N4O2S/c1-7-9(10(16)12-5-4-6-17-3)18-11-14-13-8(2)15(7)11/h4-6H2,1-3H3,(H,12,16). The summed E-state index contributed by atoms with van der Waals surface area (Å²) in [4.78, 5) is 13.5. The molecular formula is C11H16N4O2S. The first kappa shape index (κ1) is 13.0. The van der Waals surface area contributed by atoms with Crippen LogP contribution in [-0.2, 0) is 4.74 Å². The quantitative estimate of drug-likeness (QED) is 0.827. The molecule has 98 valence electrons. The van der Waals surface area contributed by atoms with Crippen molar-refractivity contribution < 1.29 is 9.53 Å². The average Bonchev–Trinajstić information content (AvgIpc) is 2.87. The van der Waals surface area contributed by atoms with Gasteiger partial charge in [0.25, 0.3) is 5.91 Å². The largest absolute Gasteiger partial charge is 0.385 e. The molecule has 2 aromatic rings. The lowest BCUT2D eigenvalue weighted by Crippen LogP contribution is -2.25. The number of rotatable bonds is 5. The van der Waals surface area contributed by atoms with Crippen LogP contribution in [0.15, 0.2) is 0 Å². The van der Waals surface area contributed by atoms with E-state index in [1.165, 1.54) is 11.3 Å². The van der Waals surface area contributed by atoms with E-state index in [1.54, 1.807) is 7.11 Å². The number of nitrogens with one attached hydrogen (secondary N) is 1. The molecule has 0 unspecified atom stereocenters. The zero-order valence-corrected chi connectivity index (χ0v) is 11.5. The fraction of sp³-hybridized carbons (Fsp3) is 0.545. The lowest BCUT2D eigenvalue weighted by atomic mass is 10.3. The van der Waals surface area contributed by atoms with E-state index in [0.29, 0.717) is 18.0 Å². The fourth-order valence-corrected chi connectivity index (χ4v) is 2.80. The lowest BCUT2D eigenvalue weighted by Gasteiger charge is -2.03. The second-order valence-electron chi connectivity index (χ2n) is 3.98. The van der Waals surface area contributed by atoms with Crippen molar-refractivity contribution in [3.8, 4) is 0 Å². The number of thiazole rings is 1. The summed E-state index contributed by atoms with van der Waals surface area (Å²) in [5.41, 5.74) is 0.891. The van der Waals surface area contributed by atoms with Crippen molar-refractivity contribution in [1.29, 1.82) is 0 Å². The molecule has 1 amide bonds. The van der Waals surface area contributed by atoms with Crippen molar-refractivity contribution in [2.24, 2.45) is 0 Å². The van der Waals surface area contributed by atoms with Crippen molar-refractivity contribution in [2.75, 3.05) is 20.3 Å². The molecule has 1 N–H and O–H groups in total. The maximum atomic E-state index is 12.0. The number of hydrogen-bond donors (Lipinski definition) is 1. The van der Waals surface area contributed by atoms with E-state index in [0.717, 1.165) is 22.9 Å². The van der Waals surface area contributed by atoms with Crippen molar-refractivity contribution >= 4 is 22.2 Å². The van der Waals surface area contributed by atoms with Gasteiger partial charge in [-0.25, -0.2) is 0 Å². The van der Waals surface area contributed by atoms with Gasteiger partial charge in [-0.05, 0) is 20.3 Å². The second kappa shape index (κ2) is 5.45. The van der Waals surface area contributed by atoms with Gasteiger partial charge < -0.3 is 10.1 Å². The molecule has 2 heterocycles. The predicted octanol–water partition coefficient (Wildman–Crippen LogP) is 1.17. The summed E-state index contributed by atoms with van der Waals surface area (Å²) in [6.45, 7) is 5.05.